The van der Waals surface area contributed by atoms with Crippen molar-refractivity contribution in [2.75, 3.05) is 19.0 Å². The lowest BCUT2D eigenvalue weighted by Gasteiger charge is -2.04. The van der Waals surface area contributed by atoms with Gasteiger partial charge in [-0.25, -0.2) is 0 Å². The molecular weight excluding hydrogens is 292 g/mol. The Kier molecular flexibility index (Phi) is 4.30. The summed E-state index contributed by atoms with van der Waals surface area (Å²) < 4.78 is 5.28. The van der Waals surface area contributed by atoms with Gasteiger partial charge in [-0.15, -0.1) is 0 Å². The monoisotopic (exact) mass is 310 g/mol. The minimum absolute atomic E-state index is 0.102. The highest BCUT2D eigenvalue weighted by molar-refractivity contribution is 6.35. The van der Waals surface area contributed by atoms with Crippen molar-refractivity contribution in [3.8, 4) is 5.75 Å². The van der Waals surface area contributed by atoms with E-state index in [1.807, 2.05) is 36.4 Å². The van der Waals surface area contributed by atoms with Crippen LogP contribution in [0.15, 0.2) is 36.5 Å². The second-order valence-corrected chi connectivity index (χ2v) is 5.16. The number of methoxy groups -OCH3 is 1. The summed E-state index contributed by atoms with van der Waals surface area (Å²) in [5.74, 6) is 0.548. The van der Waals surface area contributed by atoms with Gasteiger partial charge in [-0.2, -0.15) is 0 Å². The van der Waals surface area contributed by atoms with E-state index in [4.69, 9.17) is 9.84 Å². The first-order chi connectivity index (χ1) is 11.2. The Balaban J connectivity index is 2.07. The molecule has 1 aliphatic heterocycles. The summed E-state index contributed by atoms with van der Waals surface area (Å²) in [6, 6.07) is 7.54. The van der Waals surface area contributed by atoms with Gasteiger partial charge in [0.1, 0.15) is 5.75 Å². The molecule has 23 heavy (non-hydrogen) atoms. The Morgan fingerprint density at radius 2 is 2.17 bits per heavy atom. The number of benzene rings is 1. The minimum Gasteiger partial charge on any atom is -0.495 e. The van der Waals surface area contributed by atoms with Gasteiger partial charge in [0.05, 0.1) is 18.4 Å². The van der Waals surface area contributed by atoms with E-state index in [1.54, 1.807) is 19.4 Å². The SMILES string of the molecule is COc1cc[nH]c1/C=C1\C(=O)Nc2cccc(/C=C/CCO)c21. The van der Waals surface area contributed by atoms with Crippen LogP contribution in [0.5, 0.6) is 5.75 Å². The van der Waals surface area contributed by atoms with Gasteiger partial charge in [-0.3, -0.25) is 4.79 Å². The van der Waals surface area contributed by atoms with Gasteiger partial charge in [-0.1, -0.05) is 24.3 Å². The molecule has 5 heteroatoms. The van der Waals surface area contributed by atoms with E-state index in [-0.39, 0.29) is 12.5 Å². The number of ether oxygens (including phenoxy) is 1. The zero-order chi connectivity index (χ0) is 16.2. The highest BCUT2D eigenvalue weighted by Gasteiger charge is 2.26. The second-order valence-electron chi connectivity index (χ2n) is 5.16. The van der Waals surface area contributed by atoms with Gasteiger partial charge in [0.15, 0.2) is 0 Å². The normalized spacial score (nSPS) is 15.2. The largest absolute Gasteiger partial charge is 0.495 e. The number of aromatic amines is 1. The number of fused-ring (bicyclic) bond motifs is 1. The van der Waals surface area contributed by atoms with E-state index < -0.39 is 0 Å². The van der Waals surface area contributed by atoms with Crippen LogP contribution >= 0.6 is 0 Å². The van der Waals surface area contributed by atoms with Crippen molar-refractivity contribution in [1.82, 2.24) is 4.98 Å². The minimum atomic E-state index is -0.139. The number of hydrogen-bond acceptors (Lipinski definition) is 3. The van der Waals surface area contributed by atoms with Crippen molar-refractivity contribution in [3.05, 3.63) is 53.4 Å². The molecule has 1 aromatic carbocycles. The third-order valence-electron chi connectivity index (χ3n) is 3.70. The number of amides is 1. The first kappa shape index (κ1) is 15.1. The molecule has 0 bridgehead atoms. The van der Waals surface area contributed by atoms with E-state index in [0.29, 0.717) is 17.7 Å². The molecule has 2 aromatic rings. The molecule has 1 aliphatic rings. The first-order valence-electron chi connectivity index (χ1n) is 7.40. The predicted molar refractivity (Wildman–Crippen MR) is 91.0 cm³/mol. The standard InChI is InChI=1S/C18H18N2O3/c1-23-16-8-9-19-15(16)11-13-17-12(5-2-3-10-21)6-4-7-14(17)20-18(13)22/h2,4-9,11,19,21H,3,10H2,1H3,(H,20,22)/b5-2+,13-11-. The fourth-order valence-corrected chi connectivity index (χ4v) is 2.64. The van der Waals surface area contributed by atoms with E-state index in [9.17, 15) is 4.79 Å². The summed E-state index contributed by atoms with van der Waals surface area (Å²) in [6.07, 6.45) is 7.96. The Morgan fingerprint density at radius 1 is 1.30 bits per heavy atom. The molecule has 0 saturated carbocycles. The van der Waals surface area contributed by atoms with E-state index in [2.05, 4.69) is 10.3 Å². The van der Waals surface area contributed by atoms with Crippen LogP contribution in [-0.4, -0.2) is 29.7 Å². The molecule has 118 valence electrons. The first-order valence-corrected chi connectivity index (χ1v) is 7.40. The number of aromatic nitrogens is 1. The Labute approximate surface area is 134 Å². The summed E-state index contributed by atoms with van der Waals surface area (Å²) in [5.41, 5.74) is 3.93. The number of hydrogen-bond donors (Lipinski definition) is 3. The zero-order valence-corrected chi connectivity index (χ0v) is 12.8. The molecule has 0 spiro atoms. The van der Waals surface area contributed by atoms with Crippen molar-refractivity contribution in [3.63, 3.8) is 0 Å². The van der Waals surface area contributed by atoms with Crippen molar-refractivity contribution in [2.24, 2.45) is 0 Å². The van der Waals surface area contributed by atoms with E-state index in [0.717, 1.165) is 22.5 Å². The van der Waals surface area contributed by atoms with Crippen molar-refractivity contribution < 1.29 is 14.6 Å². The third kappa shape index (κ3) is 2.91. The number of anilines is 1. The Hall–Kier alpha value is -2.79. The van der Waals surface area contributed by atoms with Crippen molar-refractivity contribution in [2.45, 2.75) is 6.42 Å². The molecule has 0 radical (unpaired) electrons. The predicted octanol–water partition coefficient (Wildman–Crippen LogP) is 2.91. The van der Waals surface area contributed by atoms with Gasteiger partial charge in [-0.05, 0) is 30.2 Å². The van der Waals surface area contributed by atoms with Crippen LogP contribution in [0.3, 0.4) is 0 Å². The molecule has 0 fully saturated rings. The maximum atomic E-state index is 12.3. The van der Waals surface area contributed by atoms with Gasteiger partial charge >= 0.3 is 0 Å². The number of carbonyl (C=O) groups excluding carboxylic acids is 1. The highest BCUT2D eigenvalue weighted by Crippen LogP contribution is 2.37. The lowest BCUT2D eigenvalue weighted by atomic mass is 9.99. The topological polar surface area (TPSA) is 74.4 Å². The third-order valence-corrected chi connectivity index (χ3v) is 3.70. The molecule has 0 aliphatic carbocycles. The number of rotatable bonds is 5. The molecule has 5 nitrogen and oxygen atoms in total. The van der Waals surface area contributed by atoms with Gasteiger partial charge in [0, 0.05) is 24.1 Å². The van der Waals surface area contributed by atoms with Crippen LogP contribution in [-0.2, 0) is 4.79 Å². The van der Waals surface area contributed by atoms with Crippen LogP contribution in [0, 0.1) is 0 Å². The highest BCUT2D eigenvalue weighted by atomic mass is 16.5. The smallest absolute Gasteiger partial charge is 0.256 e. The van der Waals surface area contributed by atoms with Crippen molar-refractivity contribution in [1.29, 1.82) is 0 Å². The molecule has 3 N–H and O–H groups in total. The average molecular weight is 310 g/mol. The molecule has 3 rings (SSSR count). The summed E-state index contributed by atoms with van der Waals surface area (Å²) in [7, 11) is 1.59. The molecule has 1 aromatic heterocycles. The molecular formula is C18H18N2O3. The molecule has 1 amide bonds. The van der Waals surface area contributed by atoms with Crippen LogP contribution in [0.1, 0.15) is 23.2 Å². The van der Waals surface area contributed by atoms with Crippen LogP contribution in [0.25, 0.3) is 17.7 Å². The fraction of sp³-hybridized carbons (Fsp3) is 0.167. The quantitative estimate of drug-likeness (QED) is 0.743. The number of aliphatic hydroxyl groups is 1. The molecule has 0 unspecified atom stereocenters. The molecule has 0 atom stereocenters. The second kappa shape index (κ2) is 6.54. The number of H-pyrrole nitrogens is 1. The van der Waals surface area contributed by atoms with E-state index in [1.165, 1.54) is 0 Å². The Morgan fingerprint density at radius 3 is 2.96 bits per heavy atom. The van der Waals surface area contributed by atoms with Crippen LogP contribution in [0.4, 0.5) is 5.69 Å². The summed E-state index contributed by atoms with van der Waals surface area (Å²) in [5, 5.41) is 11.8. The van der Waals surface area contributed by atoms with Gasteiger partial charge in [0.2, 0.25) is 0 Å². The Bertz CT molecular complexity index is 787. The number of aliphatic hydroxyl groups excluding tert-OH is 1. The lowest BCUT2D eigenvalue weighted by Crippen LogP contribution is -2.03. The molecule has 2 heterocycles. The number of nitrogens with one attached hydrogen (secondary N) is 2. The fourth-order valence-electron chi connectivity index (χ4n) is 2.64. The van der Waals surface area contributed by atoms with E-state index >= 15 is 0 Å². The maximum absolute atomic E-state index is 12.3. The van der Waals surface area contributed by atoms with Gasteiger partial charge in [0.25, 0.3) is 5.91 Å². The van der Waals surface area contributed by atoms with Gasteiger partial charge < -0.3 is 20.1 Å². The summed E-state index contributed by atoms with van der Waals surface area (Å²) in [4.78, 5) is 15.4. The number of carbonyl (C=O) groups is 1. The zero-order valence-electron chi connectivity index (χ0n) is 12.8. The maximum Gasteiger partial charge on any atom is 0.256 e. The lowest BCUT2D eigenvalue weighted by molar-refractivity contribution is -0.110. The van der Waals surface area contributed by atoms with Crippen LogP contribution in [0.2, 0.25) is 0 Å². The van der Waals surface area contributed by atoms with Crippen LogP contribution < -0.4 is 10.1 Å². The summed E-state index contributed by atoms with van der Waals surface area (Å²) >= 11 is 0. The van der Waals surface area contributed by atoms with Crippen molar-refractivity contribution >= 4 is 29.3 Å². The average Bonchev–Trinajstić information content (AvgIpc) is 3.13. The molecule has 0 saturated heterocycles. The summed E-state index contributed by atoms with van der Waals surface area (Å²) in [6.45, 7) is 0.102.